The molecule has 4 heteroatoms. The van der Waals surface area contributed by atoms with Crippen LogP contribution in [-0.2, 0) is 4.74 Å². The number of rotatable bonds is 1. The van der Waals surface area contributed by atoms with E-state index >= 15 is 0 Å². The van der Waals surface area contributed by atoms with Crippen molar-refractivity contribution in [2.75, 3.05) is 31.2 Å². The van der Waals surface area contributed by atoms with E-state index in [9.17, 15) is 0 Å². The second-order valence-electron chi connectivity index (χ2n) is 3.59. The van der Waals surface area contributed by atoms with E-state index in [0.29, 0.717) is 24.3 Å². The largest absolute Gasteiger partial charge is 0.378 e. The first kappa shape index (κ1) is 18.0. The molecule has 108 valence electrons. The van der Waals surface area contributed by atoms with Gasteiger partial charge in [-0.15, -0.1) is 0 Å². The third-order valence-corrected chi connectivity index (χ3v) is 2.55. The van der Waals surface area contributed by atoms with E-state index in [0.717, 1.165) is 18.8 Å². The predicted molar refractivity (Wildman–Crippen MR) is 81.6 cm³/mol. The quantitative estimate of drug-likeness (QED) is 0.787. The molecule has 0 aromatic heterocycles. The maximum Gasteiger partial charge on any atom is 0.0992 e. The smallest absolute Gasteiger partial charge is 0.0992 e. The normalized spacial score (nSPS) is 12.8. The molecule has 0 spiro atoms. The third-order valence-electron chi connectivity index (χ3n) is 2.55. The van der Waals surface area contributed by atoms with Gasteiger partial charge in [0.05, 0.1) is 36.5 Å². The summed E-state index contributed by atoms with van der Waals surface area (Å²) >= 11 is 0. The van der Waals surface area contributed by atoms with E-state index in [-0.39, 0.29) is 0 Å². The van der Waals surface area contributed by atoms with Crippen molar-refractivity contribution < 1.29 is 4.74 Å². The molecule has 0 atom stereocenters. The minimum Gasteiger partial charge on any atom is -0.378 e. The minimum absolute atomic E-state index is 0.528. The maximum atomic E-state index is 8.88. The van der Waals surface area contributed by atoms with Gasteiger partial charge in [0.1, 0.15) is 0 Å². The molecule has 0 amide bonds. The summed E-state index contributed by atoms with van der Waals surface area (Å²) in [5, 5.41) is 17.8. The van der Waals surface area contributed by atoms with Gasteiger partial charge in [-0.25, -0.2) is 0 Å². The number of nitrogens with zero attached hydrogens (tertiary/aromatic N) is 3. The standard InChI is InChI=1S/C12H11N3O.2C2H6/c13-8-10-5-11(9-14)7-12(6-10)15-1-3-16-4-2-15;2*1-2/h5-7H,1-4H2;2*1-2H3. The molecule has 1 fully saturated rings. The Morgan fingerprint density at radius 2 is 1.35 bits per heavy atom. The molecule has 4 nitrogen and oxygen atoms in total. The fraction of sp³-hybridized carbons (Fsp3) is 0.500. The third kappa shape index (κ3) is 5.30. The molecule has 1 aliphatic rings. The lowest BCUT2D eigenvalue weighted by Gasteiger charge is -2.29. The number of hydrogen-bond acceptors (Lipinski definition) is 4. The van der Waals surface area contributed by atoms with E-state index in [1.165, 1.54) is 0 Å². The summed E-state index contributed by atoms with van der Waals surface area (Å²) in [6.45, 7) is 11.0. The van der Waals surface area contributed by atoms with Gasteiger partial charge in [0.2, 0.25) is 0 Å². The lowest BCUT2D eigenvalue weighted by molar-refractivity contribution is 0.122. The van der Waals surface area contributed by atoms with Gasteiger partial charge in [-0.3, -0.25) is 0 Å². The summed E-state index contributed by atoms with van der Waals surface area (Å²) in [6.07, 6.45) is 0. The Bertz CT molecular complexity index is 433. The lowest BCUT2D eigenvalue weighted by Crippen LogP contribution is -2.36. The highest BCUT2D eigenvalue weighted by Crippen LogP contribution is 2.19. The highest BCUT2D eigenvalue weighted by Gasteiger charge is 2.12. The molecule has 0 bridgehead atoms. The van der Waals surface area contributed by atoms with E-state index in [2.05, 4.69) is 17.0 Å². The molecule has 0 N–H and O–H groups in total. The van der Waals surface area contributed by atoms with Gasteiger partial charge in [0.25, 0.3) is 0 Å². The van der Waals surface area contributed by atoms with Gasteiger partial charge in [-0.2, -0.15) is 10.5 Å². The van der Waals surface area contributed by atoms with Crippen molar-refractivity contribution in [3.8, 4) is 12.1 Å². The second kappa shape index (κ2) is 10.8. The van der Waals surface area contributed by atoms with Crippen molar-refractivity contribution in [1.82, 2.24) is 0 Å². The average molecular weight is 273 g/mol. The Labute approximate surface area is 122 Å². The first-order valence-corrected chi connectivity index (χ1v) is 7.11. The van der Waals surface area contributed by atoms with Crippen LogP contribution in [0.1, 0.15) is 38.8 Å². The molecular formula is C16H23N3O. The van der Waals surface area contributed by atoms with Crippen molar-refractivity contribution in [2.45, 2.75) is 27.7 Å². The monoisotopic (exact) mass is 273 g/mol. The zero-order valence-electron chi connectivity index (χ0n) is 12.8. The Hall–Kier alpha value is -2.04. The SMILES string of the molecule is CC.CC.N#Cc1cc(C#N)cc(N2CCOCC2)c1. The molecule has 0 saturated carbocycles. The van der Waals surface area contributed by atoms with Crippen LogP contribution in [0.3, 0.4) is 0 Å². The molecular weight excluding hydrogens is 250 g/mol. The van der Waals surface area contributed by atoms with Crippen LogP contribution < -0.4 is 4.90 Å². The van der Waals surface area contributed by atoms with E-state index in [4.69, 9.17) is 15.3 Å². The van der Waals surface area contributed by atoms with Gasteiger partial charge >= 0.3 is 0 Å². The highest BCUT2D eigenvalue weighted by molar-refractivity contribution is 5.56. The average Bonchev–Trinajstić information content (AvgIpc) is 2.58. The summed E-state index contributed by atoms with van der Waals surface area (Å²) in [6, 6.07) is 9.37. The van der Waals surface area contributed by atoms with Crippen LogP contribution in [-0.4, -0.2) is 26.3 Å². The van der Waals surface area contributed by atoms with Gasteiger partial charge in [0.15, 0.2) is 0 Å². The lowest BCUT2D eigenvalue weighted by atomic mass is 10.1. The fourth-order valence-electron chi connectivity index (χ4n) is 1.74. The van der Waals surface area contributed by atoms with E-state index < -0.39 is 0 Å². The Balaban J connectivity index is 0.000000829. The number of benzene rings is 1. The van der Waals surface area contributed by atoms with E-state index in [1.54, 1.807) is 6.07 Å². The van der Waals surface area contributed by atoms with Crippen LogP contribution >= 0.6 is 0 Å². The summed E-state index contributed by atoms with van der Waals surface area (Å²) in [5.41, 5.74) is 1.99. The molecule has 0 unspecified atom stereocenters. The van der Waals surface area contributed by atoms with Crippen LogP contribution in [0.4, 0.5) is 5.69 Å². The second-order valence-corrected chi connectivity index (χ2v) is 3.59. The Morgan fingerprint density at radius 3 is 1.75 bits per heavy atom. The van der Waals surface area contributed by atoms with Gasteiger partial charge in [0, 0.05) is 18.8 Å². The Morgan fingerprint density at radius 1 is 0.900 bits per heavy atom. The summed E-state index contributed by atoms with van der Waals surface area (Å²) in [7, 11) is 0. The number of hydrogen-bond donors (Lipinski definition) is 0. The number of anilines is 1. The molecule has 2 rings (SSSR count). The zero-order valence-corrected chi connectivity index (χ0v) is 12.8. The molecule has 1 aliphatic heterocycles. The predicted octanol–water partition coefficient (Wildman–Crippen LogP) is 3.32. The summed E-state index contributed by atoms with van der Waals surface area (Å²) < 4.78 is 5.26. The molecule has 1 aromatic rings. The first-order valence-electron chi connectivity index (χ1n) is 7.11. The highest BCUT2D eigenvalue weighted by atomic mass is 16.5. The number of nitriles is 2. The van der Waals surface area contributed by atoms with Gasteiger partial charge in [-0.05, 0) is 18.2 Å². The minimum atomic E-state index is 0.528. The maximum absolute atomic E-state index is 8.88. The zero-order chi connectivity index (χ0) is 15.4. The Kier molecular flexibility index (Phi) is 9.74. The molecule has 1 aromatic carbocycles. The molecule has 1 saturated heterocycles. The van der Waals surface area contributed by atoms with Crippen molar-refractivity contribution in [2.24, 2.45) is 0 Å². The summed E-state index contributed by atoms with van der Waals surface area (Å²) in [5.74, 6) is 0. The van der Waals surface area contributed by atoms with Crippen LogP contribution in [0.5, 0.6) is 0 Å². The van der Waals surface area contributed by atoms with Gasteiger partial charge < -0.3 is 9.64 Å². The number of ether oxygens (including phenoxy) is 1. The van der Waals surface area contributed by atoms with Crippen LogP contribution in [0.25, 0.3) is 0 Å². The van der Waals surface area contributed by atoms with Crippen molar-refractivity contribution in [3.63, 3.8) is 0 Å². The van der Waals surface area contributed by atoms with Crippen molar-refractivity contribution >= 4 is 5.69 Å². The summed E-state index contributed by atoms with van der Waals surface area (Å²) in [4.78, 5) is 2.13. The van der Waals surface area contributed by atoms with Crippen LogP contribution in [0.15, 0.2) is 18.2 Å². The fourth-order valence-corrected chi connectivity index (χ4v) is 1.74. The van der Waals surface area contributed by atoms with E-state index in [1.807, 2.05) is 39.8 Å². The van der Waals surface area contributed by atoms with Crippen molar-refractivity contribution in [1.29, 1.82) is 10.5 Å². The van der Waals surface area contributed by atoms with Crippen LogP contribution in [0, 0.1) is 22.7 Å². The first-order chi connectivity index (χ1) is 9.83. The van der Waals surface area contributed by atoms with Crippen LogP contribution in [0.2, 0.25) is 0 Å². The molecule has 1 heterocycles. The van der Waals surface area contributed by atoms with Crippen molar-refractivity contribution in [3.05, 3.63) is 29.3 Å². The number of morpholine rings is 1. The molecule has 0 aliphatic carbocycles. The van der Waals surface area contributed by atoms with Gasteiger partial charge in [-0.1, -0.05) is 27.7 Å². The molecule has 20 heavy (non-hydrogen) atoms. The molecule has 0 radical (unpaired) electrons. The topological polar surface area (TPSA) is 60.0 Å².